The lowest BCUT2D eigenvalue weighted by molar-refractivity contribution is -0.119. The zero-order valence-corrected chi connectivity index (χ0v) is 12.6. The topological polar surface area (TPSA) is 64.4 Å². The van der Waals surface area contributed by atoms with Crippen LogP contribution in [0.15, 0.2) is 42.5 Å². The lowest BCUT2D eigenvalue weighted by Crippen LogP contribution is -2.20. The van der Waals surface area contributed by atoms with Crippen molar-refractivity contribution in [3.63, 3.8) is 0 Å². The molecule has 0 spiro atoms. The molecule has 0 aliphatic rings. The molecule has 0 heterocycles. The highest BCUT2D eigenvalue weighted by Crippen LogP contribution is 2.16. The van der Waals surface area contributed by atoms with Gasteiger partial charge in [-0.2, -0.15) is 0 Å². The summed E-state index contributed by atoms with van der Waals surface area (Å²) in [4.78, 5) is 10.6. The third kappa shape index (κ3) is 5.02. The first-order valence-corrected chi connectivity index (χ1v) is 7.07. The van der Waals surface area contributed by atoms with E-state index in [2.05, 4.69) is 5.32 Å². The molecule has 2 aromatic carbocycles. The van der Waals surface area contributed by atoms with Gasteiger partial charge in [0, 0.05) is 13.1 Å². The van der Waals surface area contributed by atoms with E-state index in [4.69, 9.17) is 22.1 Å². The van der Waals surface area contributed by atoms with Crippen LogP contribution in [-0.2, 0) is 17.9 Å². The van der Waals surface area contributed by atoms with Crippen molar-refractivity contribution in [2.24, 2.45) is 5.73 Å². The summed E-state index contributed by atoms with van der Waals surface area (Å²) < 4.78 is 18.2. The van der Waals surface area contributed by atoms with Crippen molar-refractivity contribution in [1.29, 1.82) is 0 Å². The molecular weight excluding hydrogens is 307 g/mol. The minimum atomic E-state index is -0.510. The number of halogens is 2. The summed E-state index contributed by atoms with van der Waals surface area (Å²) in [5.74, 6) is -0.339. The Morgan fingerprint density at radius 1 is 1.14 bits per heavy atom. The van der Waals surface area contributed by atoms with Crippen LogP contribution < -0.4 is 15.8 Å². The van der Waals surface area contributed by atoms with Crippen molar-refractivity contribution < 1.29 is 13.9 Å². The third-order valence-electron chi connectivity index (χ3n) is 2.95. The van der Waals surface area contributed by atoms with Crippen LogP contribution in [0.3, 0.4) is 0 Å². The third-order valence-corrected chi connectivity index (χ3v) is 3.24. The molecule has 6 heteroatoms. The molecule has 0 fully saturated rings. The largest absolute Gasteiger partial charge is 0.484 e. The van der Waals surface area contributed by atoms with Gasteiger partial charge in [0.1, 0.15) is 11.6 Å². The Morgan fingerprint density at radius 2 is 1.77 bits per heavy atom. The summed E-state index contributed by atoms with van der Waals surface area (Å²) in [6, 6.07) is 12.0. The molecule has 0 aromatic heterocycles. The molecule has 22 heavy (non-hydrogen) atoms. The van der Waals surface area contributed by atoms with Crippen molar-refractivity contribution >= 4 is 17.5 Å². The fourth-order valence-electron chi connectivity index (χ4n) is 1.86. The molecule has 0 saturated carbocycles. The van der Waals surface area contributed by atoms with Gasteiger partial charge in [0.05, 0.1) is 5.02 Å². The highest BCUT2D eigenvalue weighted by atomic mass is 35.5. The van der Waals surface area contributed by atoms with E-state index in [-0.39, 0.29) is 11.6 Å². The van der Waals surface area contributed by atoms with Crippen LogP contribution in [0.1, 0.15) is 11.1 Å². The number of hydrogen-bond acceptors (Lipinski definition) is 3. The number of amides is 1. The second-order valence-corrected chi connectivity index (χ2v) is 5.16. The van der Waals surface area contributed by atoms with Gasteiger partial charge in [-0.05, 0) is 35.4 Å². The van der Waals surface area contributed by atoms with Crippen LogP contribution in [0, 0.1) is 5.82 Å². The fraction of sp³-hybridized carbons (Fsp3) is 0.188. The number of rotatable bonds is 7. The minimum absolute atomic E-state index is 0.121. The Bertz CT molecular complexity index is 647. The Morgan fingerprint density at radius 3 is 2.41 bits per heavy atom. The van der Waals surface area contributed by atoms with Crippen molar-refractivity contribution in [2.75, 3.05) is 6.61 Å². The first kappa shape index (κ1) is 16.3. The molecule has 1 amide bonds. The molecule has 3 N–H and O–H groups in total. The fourth-order valence-corrected chi connectivity index (χ4v) is 2.06. The predicted octanol–water partition coefficient (Wildman–Crippen LogP) is 2.63. The van der Waals surface area contributed by atoms with Gasteiger partial charge in [-0.3, -0.25) is 4.79 Å². The van der Waals surface area contributed by atoms with Crippen molar-refractivity contribution in [2.45, 2.75) is 13.1 Å². The molecule has 0 atom stereocenters. The number of carbonyl (C=O) groups is 1. The number of nitrogens with one attached hydrogen (secondary N) is 1. The number of ether oxygens (including phenoxy) is 1. The Balaban J connectivity index is 1.81. The van der Waals surface area contributed by atoms with E-state index in [1.54, 1.807) is 24.3 Å². The molecule has 0 radical (unpaired) electrons. The standard InChI is InChI=1S/C16H16ClFN2O2/c17-14-7-12(3-6-15(14)18)9-20-8-11-1-4-13(5-2-11)22-10-16(19)21/h1-7,20H,8-10H2,(H2,19,21). The SMILES string of the molecule is NC(=O)COc1ccc(CNCc2ccc(F)c(Cl)c2)cc1. The summed E-state index contributed by atoms with van der Waals surface area (Å²) >= 11 is 5.73. The Kier molecular flexibility index (Phi) is 5.75. The van der Waals surface area contributed by atoms with Gasteiger partial charge < -0.3 is 15.8 Å². The van der Waals surface area contributed by atoms with E-state index >= 15 is 0 Å². The van der Waals surface area contributed by atoms with Crippen molar-refractivity contribution in [1.82, 2.24) is 5.32 Å². The van der Waals surface area contributed by atoms with Gasteiger partial charge in [-0.25, -0.2) is 4.39 Å². The maximum absolute atomic E-state index is 13.0. The molecule has 2 aromatic rings. The molecule has 0 aliphatic carbocycles. The van der Waals surface area contributed by atoms with Crippen LogP contribution in [0.25, 0.3) is 0 Å². The van der Waals surface area contributed by atoms with E-state index in [1.165, 1.54) is 6.07 Å². The molecule has 0 saturated heterocycles. The average Bonchev–Trinajstić information content (AvgIpc) is 2.50. The number of hydrogen-bond donors (Lipinski definition) is 2. The van der Waals surface area contributed by atoms with Gasteiger partial charge in [0.2, 0.25) is 0 Å². The summed E-state index contributed by atoms with van der Waals surface area (Å²) in [6.07, 6.45) is 0. The molecule has 0 unspecified atom stereocenters. The first-order valence-electron chi connectivity index (χ1n) is 6.69. The van der Waals surface area contributed by atoms with E-state index in [1.807, 2.05) is 12.1 Å². The van der Waals surface area contributed by atoms with Crippen LogP contribution in [0.4, 0.5) is 4.39 Å². The van der Waals surface area contributed by atoms with Crippen LogP contribution in [-0.4, -0.2) is 12.5 Å². The number of benzene rings is 2. The van der Waals surface area contributed by atoms with E-state index in [9.17, 15) is 9.18 Å². The van der Waals surface area contributed by atoms with Crippen LogP contribution in [0.2, 0.25) is 5.02 Å². The van der Waals surface area contributed by atoms with Crippen LogP contribution in [0.5, 0.6) is 5.75 Å². The quantitative estimate of drug-likeness (QED) is 0.823. The smallest absolute Gasteiger partial charge is 0.255 e. The highest BCUT2D eigenvalue weighted by Gasteiger charge is 2.01. The monoisotopic (exact) mass is 322 g/mol. The second-order valence-electron chi connectivity index (χ2n) is 4.75. The average molecular weight is 323 g/mol. The zero-order chi connectivity index (χ0) is 15.9. The lowest BCUT2D eigenvalue weighted by atomic mass is 10.2. The Hall–Kier alpha value is -2.11. The minimum Gasteiger partial charge on any atom is -0.484 e. The Labute approximate surface area is 133 Å². The summed E-state index contributed by atoms with van der Waals surface area (Å²) in [5.41, 5.74) is 6.97. The summed E-state index contributed by atoms with van der Waals surface area (Å²) in [5, 5.41) is 3.36. The number of primary amides is 1. The summed E-state index contributed by atoms with van der Waals surface area (Å²) in [6.45, 7) is 1.09. The molecule has 2 rings (SSSR count). The zero-order valence-electron chi connectivity index (χ0n) is 11.8. The van der Waals surface area contributed by atoms with E-state index < -0.39 is 11.7 Å². The predicted molar refractivity (Wildman–Crippen MR) is 83.1 cm³/mol. The van der Waals surface area contributed by atoms with E-state index in [0.717, 1.165) is 11.1 Å². The van der Waals surface area contributed by atoms with Gasteiger partial charge >= 0.3 is 0 Å². The normalized spacial score (nSPS) is 10.5. The molecule has 0 aliphatic heterocycles. The van der Waals surface area contributed by atoms with Gasteiger partial charge in [-0.1, -0.05) is 29.8 Å². The molecule has 4 nitrogen and oxygen atoms in total. The van der Waals surface area contributed by atoms with E-state index in [0.29, 0.717) is 18.8 Å². The van der Waals surface area contributed by atoms with Crippen LogP contribution >= 0.6 is 11.6 Å². The molecule has 0 bridgehead atoms. The highest BCUT2D eigenvalue weighted by molar-refractivity contribution is 6.30. The second kappa shape index (κ2) is 7.77. The lowest BCUT2D eigenvalue weighted by Gasteiger charge is -2.07. The van der Waals surface area contributed by atoms with Crippen molar-refractivity contribution in [3.05, 3.63) is 64.4 Å². The molecular formula is C16H16ClFN2O2. The maximum Gasteiger partial charge on any atom is 0.255 e. The maximum atomic E-state index is 13.0. The van der Waals surface area contributed by atoms with Crippen molar-refractivity contribution in [3.8, 4) is 5.75 Å². The number of carbonyl (C=O) groups excluding carboxylic acids is 1. The first-order chi connectivity index (χ1) is 10.5. The van der Waals surface area contributed by atoms with Gasteiger partial charge in [0.15, 0.2) is 6.61 Å². The number of nitrogens with two attached hydrogens (primary N) is 1. The van der Waals surface area contributed by atoms with Gasteiger partial charge in [-0.15, -0.1) is 0 Å². The summed E-state index contributed by atoms with van der Waals surface area (Å²) in [7, 11) is 0. The van der Waals surface area contributed by atoms with Gasteiger partial charge in [0.25, 0.3) is 5.91 Å². The molecule has 116 valence electrons.